The molecule has 2 amide bonds. The van der Waals surface area contributed by atoms with Gasteiger partial charge in [-0.1, -0.05) is 13.8 Å². The van der Waals surface area contributed by atoms with E-state index in [4.69, 9.17) is 0 Å². The summed E-state index contributed by atoms with van der Waals surface area (Å²) in [6, 6.07) is -0.251. The molecule has 5 nitrogen and oxygen atoms in total. The zero-order valence-electron chi connectivity index (χ0n) is 8.32. The lowest BCUT2D eigenvalue weighted by Gasteiger charge is -2.07. The smallest absolute Gasteiger partial charge is 0.320 e. The van der Waals surface area contributed by atoms with Gasteiger partial charge in [0.2, 0.25) is 0 Å². The molecule has 1 aromatic heterocycles. The minimum Gasteiger partial charge on any atom is -0.338 e. The van der Waals surface area contributed by atoms with Gasteiger partial charge in [-0.2, -0.15) is 0 Å². The van der Waals surface area contributed by atoms with Crippen LogP contribution in [0, 0.1) is 5.92 Å². The Morgan fingerprint density at radius 2 is 2.29 bits per heavy atom. The van der Waals surface area contributed by atoms with Gasteiger partial charge in [0.05, 0.1) is 6.20 Å². The van der Waals surface area contributed by atoms with Crippen molar-refractivity contribution in [1.82, 2.24) is 15.3 Å². The highest BCUT2D eigenvalue weighted by Gasteiger charge is 2.02. The number of carbonyl (C=O) groups is 1. The van der Waals surface area contributed by atoms with E-state index in [1.54, 1.807) is 6.20 Å². The molecule has 0 unspecified atom stereocenters. The van der Waals surface area contributed by atoms with E-state index < -0.39 is 0 Å². The molecule has 0 fully saturated rings. The van der Waals surface area contributed by atoms with Crippen molar-refractivity contribution in [3.8, 4) is 0 Å². The maximum absolute atomic E-state index is 11.2. The van der Waals surface area contributed by atoms with Crippen LogP contribution in [-0.4, -0.2) is 22.5 Å². The molecule has 76 valence electrons. The largest absolute Gasteiger partial charge is 0.338 e. The topological polar surface area (TPSA) is 66.9 Å². The predicted octanol–water partition coefficient (Wildman–Crippen LogP) is 1.25. The highest BCUT2D eigenvalue weighted by molar-refractivity contribution is 5.87. The van der Waals surface area contributed by atoms with E-state index in [1.165, 1.54) is 12.4 Å². The van der Waals surface area contributed by atoms with E-state index in [9.17, 15) is 4.79 Å². The second kappa shape index (κ2) is 5.16. The molecule has 2 N–H and O–H groups in total. The fraction of sp³-hybridized carbons (Fsp3) is 0.444. The summed E-state index contributed by atoms with van der Waals surface area (Å²) in [5.41, 5.74) is 0. The van der Waals surface area contributed by atoms with Crippen LogP contribution in [0.1, 0.15) is 13.8 Å². The molecular formula is C9H14N4O. The van der Waals surface area contributed by atoms with Crippen LogP contribution in [0.2, 0.25) is 0 Å². The summed E-state index contributed by atoms with van der Waals surface area (Å²) in [5, 5.41) is 5.29. The summed E-state index contributed by atoms with van der Waals surface area (Å²) in [6.45, 7) is 4.71. The quantitative estimate of drug-likeness (QED) is 0.761. The first-order chi connectivity index (χ1) is 6.68. The monoisotopic (exact) mass is 194 g/mol. The molecule has 14 heavy (non-hydrogen) atoms. The van der Waals surface area contributed by atoms with Crippen LogP contribution in [0.25, 0.3) is 0 Å². The minimum atomic E-state index is -0.251. The summed E-state index contributed by atoms with van der Waals surface area (Å²) in [4.78, 5) is 19.0. The normalized spacial score (nSPS) is 9.93. The number of carbonyl (C=O) groups excluding carboxylic acids is 1. The second-order valence-electron chi connectivity index (χ2n) is 3.32. The van der Waals surface area contributed by atoms with E-state index in [0.29, 0.717) is 18.3 Å². The Labute approximate surface area is 83.0 Å². The molecule has 0 aliphatic carbocycles. The SMILES string of the molecule is CC(C)CNC(=O)Nc1cnccn1. The molecule has 0 saturated carbocycles. The number of nitrogens with zero attached hydrogens (tertiary/aromatic N) is 2. The molecule has 0 saturated heterocycles. The molecular weight excluding hydrogens is 180 g/mol. The zero-order valence-corrected chi connectivity index (χ0v) is 8.32. The van der Waals surface area contributed by atoms with Crippen molar-refractivity contribution in [2.75, 3.05) is 11.9 Å². The number of anilines is 1. The first-order valence-corrected chi connectivity index (χ1v) is 4.49. The molecule has 0 aromatic carbocycles. The van der Waals surface area contributed by atoms with Crippen molar-refractivity contribution >= 4 is 11.8 Å². The van der Waals surface area contributed by atoms with Gasteiger partial charge in [0.1, 0.15) is 0 Å². The summed E-state index contributed by atoms with van der Waals surface area (Å²) in [5.74, 6) is 0.886. The zero-order chi connectivity index (χ0) is 10.4. The van der Waals surface area contributed by atoms with Crippen LogP contribution in [0.3, 0.4) is 0 Å². The van der Waals surface area contributed by atoms with Crippen LogP contribution >= 0.6 is 0 Å². The molecule has 1 aromatic rings. The Bertz CT molecular complexity index is 286. The molecule has 5 heteroatoms. The Morgan fingerprint density at radius 3 is 2.86 bits per heavy atom. The van der Waals surface area contributed by atoms with Crippen molar-refractivity contribution in [3.63, 3.8) is 0 Å². The van der Waals surface area contributed by atoms with Crippen LogP contribution < -0.4 is 10.6 Å². The van der Waals surface area contributed by atoms with Crippen molar-refractivity contribution in [2.45, 2.75) is 13.8 Å². The van der Waals surface area contributed by atoms with E-state index in [-0.39, 0.29) is 6.03 Å². The average molecular weight is 194 g/mol. The molecule has 0 aliphatic rings. The number of urea groups is 1. The molecule has 0 atom stereocenters. The van der Waals surface area contributed by atoms with Crippen molar-refractivity contribution in [1.29, 1.82) is 0 Å². The van der Waals surface area contributed by atoms with E-state index in [1.807, 2.05) is 13.8 Å². The van der Waals surface area contributed by atoms with Crippen molar-refractivity contribution < 1.29 is 4.79 Å². The number of amides is 2. The van der Waals surface area contributed by atoms with Gasteiger partial charge in [-0.05, 0) is 5.92 Å². The van der Waals surface area contributed by atoms with Gasteiger partial charge >= 0.3 is 6.03 Å². The first-order valence-electron chi connectivity index (χ1n) is 4.49. The van der Waals surface area contributed by atoms with Crippen LogP contribution in [-0.2, 0) is 0 Å². The summed E-state index contributed by atoms with van der Waals surface area (Å²) >= 11 is 0. The Kier molecular flexibility index (Phi) is 3.84. The van der Waals surface area contributed by atoms with Gasteiger partial charge in [0.15, 0.2) is 5.82 Å². The summed E-state index contributed by atoms with van der Waals surface area (Å²) in [6.07, 6.45) is 4.57. The summed E-state index contributed by atoms with van der Waals surface area (Å²) < 4.78 is 0. The third-order valence-corrected chi connectivity index (χ3v) is 1.48. The number of hydrogen-bond acceptors (Lipinski definition) is 3. The highest BCUT2D eigenvalue weighted by atomic mass is 16.2. The number of aromatic nitrogens is 2. The van der Waals surface area contributed by atoms with E-state index >= 15 is 0 Å². The fourth-order valence-corrected chi connectivity index (χ4v) is 0.821. The standard InChI is InChI=1S/C9H14N4O/c1-7(2)5-12-9(14)13-8-6-10-3-4-11-8/h3-4,6-7H,5H2,1-2H3,(H2,11,12,13,14). The Hall–Kier alpha value is -1.65. The third kappa shape index (κ3) is 3.84. The predicted molar refractivity (Wildman–Crippen MR) is 53.9 cm³/mol. The van der Waals surface area contributed by atoms with Crippen molar-refractivity contribution in [2.24, 2.45) is 5.92 Å². The van der Waals surface area contributed by atoms with Gasteiger partial charge in [0, 0.05) is 18.9 Å². The van der Waals surface area contributed by atoms with Gasteiger partial charge in [-0.3, -0.25) is 10.3 Å². The van der Waals surface area contributed by atoms with Gasteiger partial charge < -0.3 is 5.32 Å². The molecule has 0 spiro atoms. The second-order valence-corrected chi connectivity index (χ2v) is 3.32. The third-order valence-electron chi connectivity index (χ3n) is 1.48. The first kappa shape index (κ1) is 10.4. The van der Waals surface area contributed by atoms with Gasteiger partial charge in [-0.25, -0.2) is 9.78 Å². The lowest BCUT2D eigenvalue weighted by Crippen LogP contribution is -2.31. The highest BCUT2D eigenvalue weighted by Crippen LogP contribution is 1.96. The van der Waals surface area contributed by atoms with Gasteiger partial charge in [-0.15, -0.1) is 0 Å². The van der Waals surface area contributed by atoms with Crippen molar-refractivity contribution in [3.05, 3.63) is 18.6 Å². The molecule has 1 rings (SSSR count). The molecule has 1 heterocycles. The van der Waals surface area contributed by atoms with Crippen LogP contribution in [0.15, 0.2) is 18.6 Å². The van der Waals surface area contributed by atoms with Gasteiger partial charge in [0.25, 0.3) is 0 Å². The Morgan fingerprint density at radius 1 is 1.50 bits per heavy atom. The number of hydrogen-bond donors (Lipinski definition) is 2. The fourth-order valence-electron chi connectivity index (χ4n) is 0.821. The Balaban J connectivity index is 2.35. The number of rotatable bonds is 3. The van der Waals surface area contributed by atoms with Crippen LogP contribution in [0.5, 0.6) is 0 Å². The minimum absolute atomic E-state index is 0.251. The lowest BCUT2D eigenvalue weighted by atomic mass is 10.2. The summed E-state index contributed by atoms with van der Waals surface area (Å²) in [7, 11) is 0. The van der Waals surface area contributed by atoms with E-state index in [0.717, 1.165) is 0 Å². The number of nitrogens with one attached hydrogen (secondary N) is 2. The maximum atomic E-state index is 11.2. The molecule has 0 radical (unpaired) electrons. The maximum Gasteiger partial charge on any atom is 0.320 e. The lowest BCUT2D eigenvalue weighted by molar-refractivity contribution is 0.251. The molecule has 0 bridgehead atoms. The van der Waals surface area contributed by atoms with E-state index in [2.05, 4.69) is 20.6 Å². The van der Waals surface area contributed by atoms with Crippen LogP contribution in [0.4, 0.5) is 10.6 Å². The molecule has 0 aliphatic heterocycles. The average Bonchev–Trinajstić information content (AvgIpc) is 2.16.